The van der Waals surface area contributed by atoms with Crippen LogP contribution in [0.4, 0.5) is 0 Å². The number of unbranched alkanes of at least 4 members (excludes halogenated alkanes) is 1. The summed E-state index contributed by atoms with van der Waals surface area (Å²) >= 11 is 3.48. The van der Waals surface area contributed by atoms with Crippen LogP contribution in [0.2, 0.25) is 0 Å². The molecule has 0 saturated carbocycles. The van der Waals surface area contributed by atoms with E-state index in [1.165, 1.54) is 5.56 Å². The number of ether oxygens (including phenoxy) is 1. The topological polar surface area (TPSA) is 36.3 Å². The maximum Gasteiger partial charge on any atom is 0.122 e. The highest BCUT2D eigenvalue weighted by atomic mass is 79.9. The van der Waals surface area contributed by atoms with E-state index in [-0.39, 0.29) is 0 Å². The first kappa shape index (κ1) is 15.0. The number of likely N-dealkylation sites (N-methyl/N-ethyl adjacent to an activating group) is 1. The molecule has 0 radical (unpaired) electrons. The van der Waals surface area contributed by atoms with Crippen LogP contribution in [0.25, 0.3) is 0 Å². The summed E-state index contributed by atoms with van der Waals surface area (Å²) < 4.78 is 6.42. The van der Waals surface area contributed by atoms with Gasteiger partial charge >= 0.3 is 0 Å². The van der Waals surface area contributed by atoms with Crippen molar-refractivity contribution in [2.75, 3.05) is 27.2 Å². The van der Waals surface area contributed by atoms with Crippen molar-refractivity contribution in [2.45, 2.75) is 19.3 Å². The minimum Gasteiger partial charge on any atom is -0.496 e. The van der Waals surface area contributed by atoms with Crippen LogP contribution in [-0.2, 0) is 6.42 Å². The lowest BCUT2D eigenvalue weighted by atomic mass is 10.1. The summed E-state index contributed by atoms with van der Waals surface area (Å²) in [6.45, 7) is 1.93. The molecule has 1 aromatic rings. The second-order valence-corrected chi connectivity index (χ2v) is 5.19. The van der Waals surface area contributed by atoms with Crippen LogP contribution in [-0.4, -0.2) is 32.1 Å². The molecule has 0 bridgehead atoms. The Morgan fingerprint density at radius 3 is 2.83 bits per heavy atom. The van der Waals surface area contributed by atoms with Crippen LogP contribution in [0.5, 0.6) is 5.75 Å². The van der Waals surface area contributed by atoms with Crippen molar-refractivity contribution in [3.8, 4) is 11.8 Å². The number of nitriles is 1. The molecule has 1 rings (SSSR count). The summed E-state index contributed by atoms with van der Waals surface area (Å²) in [4.78, 5) is 2.25. The Bertz CT molecular complexity index is 415. The first-order valence-electron chi connectivity index (χ1n) is 6.05. The molecule has 0 aliphatic rings. The predicted octanol–water partition coefficient (Wildman–Crippen LogP) is 3.24. The largest absolute Gasteiger partial charge is 0.496 e. The molecule has 3 nitrogen and oxygen atoms in total. The summed E-state index contributed by atoms with van der Waals surface area (Å²) in [6, 6.07) is 8.24. The zero-order chi connectivity index (χ0) is 13.4. The van der Waals surface area contributed by atoms with Crippen LogP contribution < -0.4 is 4.74 Å². The Morgan fingerprint density at radius 1 is 1.39 bits per heavy atom. The predicted molar refractivity (Wildman–Crippen MR) is 76.7 cm³/mol. The Balaban J connectivity index is 2.47. The van der Waals surface area contributed by atoms with Gasteiger partial charge in [-0.1, -0.05) is 15.9 Å². The van der Waals surface area contributed by atoms with Gasteiger partial charge in [0.05, 0.1) is 13.2 Å². The fourth-order valence-electron chi connectivity index (χ4n) is 1.79. The average Bonchev–Trinajstić information content (AvgIpc) is 2.37. The van der Waals surface area contributed by atoms with E-state index in [4.69, 9.17) is 10.00 Å². The third kappa shape index (κ3) is 5.07. The molecular weight excluding hydrogens is 292 g/mol. The maximum absolute atomic E-state index is 8.50. The number of nitrogens with zero attached hydrogens (tertiary/aromatic N) is 2. The number of methoxy groups -OCH3 is 1. The second-order valence-electron chi connectivity index (χ2n) is 4.27. The van der Waals surface area contributed by atoms with Crippen molar-refractivity contribution < 1.29 is 4.74 Å². The minimum atomic E-state index is 0.630. The molecule has 0 unspecified atom stereocenters. The second kappa shape index (κ2) is 8.12. The smallest absolute Gasteiger partial charge is 0.122 e. The van der Waals surface area contributed by atoms with Gasteiger partial charge in [-0.25, -0.2) is 0 Å². The van der Waals surface area contributed by atoms with E-state index in [1.807, 2.05) is 12.1 Å². The van der Waals surface area contributed by atoms with E-state index in [0.717, 1.165) is 36.2 Å². The van der Waals surface area contributed by atoms with Gasteiger partial charge in [-0.3, -0.25) is 0 Å². The lowest BCUT2D eigenvalue weighted by molar-refractivity contribution is 0.332. The monoisotopic (exact) mass is 310 g/mol. The molecule has 0 saturated heterocycles. The van der Waals surface area contributed by atoms with Crippen molar-refractivity contribution in [2.24, 2.45) is 0 Å². The first-order chi connectivity index (χ1) is 8.67. The molecule has 0 aromatic heterocycles. The molecule has 0 aliphatic heterocycles. The van der Waals surface area contributed by atoms with Crippen LogP contribution in [0.3, 0.4) is 0 Å². The van der Waals surface area contributed by atoms with Gasteiger partial charge in [-0.05, 0) is 50.2 Å². The molecule has 4 heteroatoms. The average molecular weight is 311 g/mol. The van der Waals surface area contributed by atoms with E-state index < -0.39 is 0 Å². The SMILES string of the molecule is COc1ccc(Br)cc1CCN(C)CCCC#N. The number of rotatable bonds is 7. The van der Waals surface area contributed by atoms with Crippen LogP contribution in [0, 0.1) is 11.3 Å². The third-order valence-electron chi connectivity index (χ3n) is 2.83. The van der Waals surface area contributed by atoms with Crippen molar-refractivity contribution in [3.05, 3.63) is 28.2 Å². The summed E-state index contributed by atoms with van der Waals surface area (Å²) in [5.74, 6) is 0.934. The maximum atomic E-state index is 8.50. The van der Waals surface area contributed by atoms with E-state index in [1.54, 1.807) is 7.11 Å². The summed E-state index contributed by atoms with van der Waals surface area (Å²) in [5, 5.41) is 8.50. The van der Waals surface area contributed by atoms with Crippen molar-refractivity contribution in [1.29, 1.82) is 5.26 Å². The summed E-state index contributed by atoms with van der Waals surface area (Å²) in [6.07, 6.45) is 2.51. The lowest BCUT2D eigenvalue weighted by Gasteiger charge is -2.17. The Hall–Kier alpha value is -1.05. The molecule has 0 spiro atoms. The Kier molecular flexibility index (Phi) is 6.77. The normalized spacial score (nSPS) is 10.4. The molecule has 1 aromatic carbocycles. The van der Waals surface area contributed by atoms with Crippen LogP contribution in [0.15, 0.2) is 22.7 Å². The fraction of sp³-hybridized carbons (Fsp3) is 0.500. The minimum absolute atomic E-state index is 0.630. The zero-order valence-electron chi connectivity index (χ0n) is 10.9. The Labute approximate surface area is 117 Å². The number of hydrogen-bond acceptors (Lipinski definition) is 3. The standard InChI is InChI=1S/C14H19BrN2O/c1-17(9-4-3-8-16)10-7-12-11-13(15)5-6-14(12)18-2/h5-6,11H,3-4,7,9-10H2,1-2H3. The lowest BCUT2D eigenvalue weighted by Crippen LogP contribution is -2.22. The molecule has 18 heavy (non-hydrogen) atoms. The zero-order valence-corrected chi connectivity index (χ0v) is 12.5. The van der Waals surface area contributed by atoms with Gasteiger partial charge in [-0.2, -0.15) is 5.26 Å². The molecular formula is C14H19BrN2O. The van der Waals surface area contributed by atoms with Gasteiger partial charge < -0.3 is 9.64 Å². The van der Waals surface area contributed by atoms with Gasteiger partial charge in [0.2, 0.25) is 0 Å². The van der Waals surface area contributed by atoms with Crippen molar-refractivity contribution in [3.63, 3.8) is 0 Å². The van der Waals surface area contributed by atoms with Gasteiger partial charge in [0.25, 0.3) is 0 Å². The highest BCUT2D eigenvalue weighted by Crippen LogP contribution is 2.23. The summed E-state index contributed by atoms with van der Waals surface area (Å²) in [5.41, 5.74) is 1.21. The molecule has 0 atom stereocenters. The van der Waals surface area contributed by atoms with E-state index in [2.05, 4.69) is 40.0 Å². The van der Waals surface area contributed by atoms with Gasteiger partial charge in [0, 0.05) is 17.4 Å². The molecule has 0 amide bonds. The van der Waals surface area contributed by atoms with E-state index in [9.17, 15) is 0 Å². The molecule has 0 aliphatic carbocycles. The molecule has 0 fully saturated rings. The number of halogens is 1. The number of benzene rings is 1. The quantitative estimate of drug-likeness (QED) is 0.725. The van der Waals surface area contributed by atoms with Crippen molar-refractivity contribution >= 4 is 15.9 Å². The fourth-order valence-corrected chi connectivity index (χ4v) is 2.20. The highest BCUT2D eigenvalue weighted by molar-refractivity contribution is 9.10. The third-order valence-corrected chi connectivity index (χ3v) is 3.33. The van der Waals surface area contributed by atoms with Gasteiger partial charge in [0.15, 0.2) is 0 Å². The van der Waals surface area contributed by atoms with Crippen LogP contribution in [0.1, 0.15) is 18.4 Å². The van der Waals surface area contributed by atoms with Crippen LogP contribution >= 0.6 is 15.9 Å². The van der Waals surface area contributed by atoms with Gasteiger partial charge in [0.1, 0.15) is 5.75 Å². The van der Waals surface area contributed by atoms with Gasteiger partial charge in [-0.15, -0.1) is 0 Å². The number of hydrogen-bond donors (Lipinski definition) is 0. The molecule has 98 valence electrons. The molecule has 0 N–H and O–H groups in total. The first-order valence-corrected chi connectivity index (χ1v) is 6.84. The summed E-state index contributed by atoms with van der Waals surface area (Å²) in [7, 11) is 3.78. The highest BCUT2D eigenvalue weighted by Gasteiger charge is 2.05. The van der Waals surface area contributed by atoms with E-state index >= 15 is 0 Å². The molecule has 0 heterocycles. The Morgan fingerprint density at radius 2 is 2.17 bits per heavy atom. The van der Waals surface area contributed by atoms with E-state index in [0.29, 0.717) is 6.42 Å². The van der Waals surface area contributed by atoms with Crippen molar-refractivity contribution in [1.82, 2.24) is 4.90 Å².